The van der Waals surface area contributed by atoms with Gasteiger partial charge in [0.2, 0.25) is 0 Å². The Hall–Kier alpha value is -1.03. The third kappa shape index (κ3) is 3.96. The van der Waals surface area contributed by atoms with E-state index < -0.39 is 5.97 Å². The summed E-state index contributed by atoms with van der Waals surface area (Å²) in [7, 11) is 0. The highest BCUT2D eigenvalue weighted by Crippen LogP contribution is 2.27. The fourth-order valence-electron chi connectivity index (χ4n) is 2.72. The maximum Gasteiger partial charge on any atom is 0.335 e. The number of aromatic carboxylic acids is 1. The summed E-state index contributed by atoms with van der Waals surface area (Å²) in [4.78, 5) is 11.1. The number of benzene rings is 1. The first-order valence-corrected chi connectivity index (χ1v) is 7.66. The fourth-order valence-corrected chi connectivity index (χ4v) is 3.21. The van der Waals surface area contributed by atoms with Gasteiger partial charge in [-0.15, -0.1) is 0 Å². The number of hydrogen-bond donors (Lipinski definition) is 2. The molecule has 4 heteroatoms. The van der Waals surface area contributed by atoms with E-state index in [4.69, 9.17) is 5.11 Å². The number of rotatable bonds is 3. The number of nitrogens with one attached hydrogen (secondary N) is 1. The highest BCUT2D eigenvalue weighted by atomic mass is 79.9. The lowest BCUT2D eigenvalue weighted by Gasteiger charge is -2.24. The number of hydrogen-bond acceptors (Lipinski definition) is 2. The van der Waals surface area contributed by atoms with Crippen LogP contribution in [0.25, 0.3) is 0 Å². The Balaban J connectivity index is 2.15. The third-order valence-electron chi connectivity index (χ3n) is 3.86. The van der Waals surface area contributed by atoms with Crippen molar-refractivity contribution in [3.05, 3.63) is 28.2 Å². The largest absolute Gasteiger partial charge is 0.478 e. The minimum absolute atomic E-state index is 0.318. The lowest BCUT2D eigenvalue weighted by molar-refractivity contribution is 0.0697. The topological polar surface area (TPSA) is 49.3 Å². The molecule has 0 aliphatic heterocycles. The highest BCUT2D eigenvalue weighted by Gasteiger charge is 2.20. The van der Waals surface area contributed by atoms with Crippen LogP contribution in [0.2, 0.25) is 0 Å². The molecule has 0 amide bonds. The van der Waals surface area contributed by atoms with E-state index in [1.807, 2.05) is 6.07 Å². The molecule has 19 heavy (non-hydrogen) atoms. The predicted octanol–water partition coefficient (Wildman–Crippen LogP) is 4.53. The summed E-state index contributed by atoms with van der Waals surface area (Å²) < 4.78 is 0.802. The smallest absolute Gasteiger partial charge is 0.335 e. The van der Waals surface area contributed by atoms with Gasteiger partial charge in [0.25, 0.3) is 0 Å². The van der Waals surface area contributed by atoms with E-state index in [2.05, 4.69) is 28.2 Å². The van der Waals surface area contributed by atoms with E-state index in [9.17, 15) is 4.79 Å². The van der Waals surface area contributed by atoms with Crippen LogP contribution in [0.1, 0.15) is 49.4 Å². The van der Waals surface area contributed by atoms with Gasteiger partial charge in [-0.25, -0.2) is 4.79 Å². The molecule has 0 saturated heterocycles. The van der Waals surface area contributed by atoms with Gasteiger partial charge in [-0.2, -0.15) is 0 Å². The van der Waals surface area contributed by atoms with Gasteiger partial charge in [-0.3, -0.25) is 0 Å². The highest BCUT2D eigenvalue weighted by molar-refractivity contribution is 9.10. The Morgan fingerprint density at radius 3 is 2.74 bits per heavy atom. The average Bonchev–Trinajstić information content (AvgIpc) is 2.54. The van der Waals surface area contributed by atoms with E-state index in [0.717, 1.165) is 16.6 Å². The maximum absolute atomic E-state index is 11.1. The predicted molar refractivity (Wildman–Crippen MR) is 80.8 cm³/mol. The van der Waals surface area contributed by atoms with E-state index >= 15 is 0 Å². The molecule has 1 aromatic rings. The number of anilines is 1. The Morgan fingerprint density at radius 1 is 1.26 bits per heavy atom. The summed E-state index contributed by atoms with van der Waals surface area (Å²) in [6.07, 6.45) is 6.27. The van der Waals surface area contributed by atoms with Gasteiger partial charge in [-0.1, -0.05) is 42.1 Å². The minimum Gasteiger partial charge on any atom is -0.478 e. The van der Waals surface area contributed by atoms with E-state index in [-0.39, 0.29) is 0 Å². The summed E-state index contributed by atoms with van der Waals surface area (Å²) in [5.74, 6) is -0.256. The van der Waals surface area contributed by atoms with Crippen molar-refractivity contribution in [1.29, 1.82) is 0 Å². The van der Waals surface area contributed by atoms with Crippen molar-refractivity contribution in [3.8, 4) is 0 Å². The Bertz CT molecular complexity index is 461. The normalized spacial score (nSPS) is 23.7. The second-order valence-electron chi connectivity index (χ2n) is 5.40. The summed E-state index contributed by atoms with van der Waals surface area (Å²) in [6.45, 7) is 2.28. The van der Waals surface area contributed by atoms with Crippen LogP contribution in [-0.2, 0) is 0 Å². The summed E-state index contributed by atoms with van der Waals surface area (Å²) >= 11 is 3.37. The first-order chi connectivity index (χ1) is 9.06. The number of carbonyl (C=O) groups is 1. The van der Waals surface area contributed by atoms with Gasteiger partial charge in [-0.05, 0) is 37.0 Å². The van der Waals surface area contributed by atoms with Crippen molar-refractivity contribution in [2.45, 2.75) is 45.1 Å². The molecule has 0 heterocycles. The summed E-state index contributed by atoms with van der Waals surface area (Å²) in [5, 5.41) is 12.6. The number of carboxylic acids is 1. The molecule has 0 bridgehead atoms. The molecule has 0 spiro atoms. The van der Waals surface area contributed by atoms with Crippen molar-refractivity contribution >= 4 is 27.6 Å². The lowest BCUT2D eigenvalue weighted by atomic mass is 9.96. The monoisotopic (exact) mass is 325 g/mol. The van der Waals surface area contributed by atoms with Crippen molar-refractivity contribution in [1.82, 2.24) is 0 Å². The molecule has 1 fully saturated rings. The molecule has 2 N–H and O–H groups in total. The van der Waals surface area contributed by atoms with Crippen LogP contribution >= 0.6 is 15.9 Å². The molecule has 2 rings (SSSR count). The fraction of sp³-hybridized carbons (Fsp3) is 0.533. The van der Waals surface area contributed by atoms with Crippen molar-refractivity contribution < 1.29 is 9.90 Å². The third-order valence-corrected chi connectivity index (χ3v) is 4.32. The van der Waals surface area contributed by atoms with Crippen LogP contribution in [0.15, 0.2) is 22.7 Å². The molecule has 2 atom stereocenters. The Kier molecular flexibility index (Phi) is 4.86. The first kappa shape index (κ1) is 14.4. The summed E-state index contributed by atoms with van der Waals surface area (Å²) in [5.41, 5.74) is 1.21. The van der Waals surface area contributed by atoms with Gasteiger partial charge >= 0.3 is 5.97 Å². The maximum atomic E-state index is 11.1. The molecule has 1 aliphatic carbocycles. The average molecular weight is 326 g/mol. The molecule has 2 unspecified atom stereocenters. The van der Waals surface area contributed by atoms with Gasteiger partial charge in [0, 0.05) is 16.2 Å². The lowest BCUT2D eigenvalue weighted by Crippen LogP contribution is -2.26. The Morgan fingerprint density at radius 2 is 2.00 bits per heavy atom. The van der Waals surface area contributed by atoms with Crippen molar-refractivity contribution in [2.75, 3.05) is 5.32 Å². The van der Waals surface area contributed by atoms with Gasteiger partial charge in [0.15, 0.2) is 0 Å². The van der Waals surface area contributed by atoms with Crippen LogP contribution in [0.4, 0.5) is 5.69 Å². The van der Waals surface area contributed by atoms with E-state index in [1.165, 1.54) is 25.7 Å². The molecule has 1 aliphatic rings. The van der Waals surface area contributed by atoms with Crippen LogP contribution in [0.5, 0.6) is 0 Å². The van der Waals surface area contributed by atoms with Gasteiger partial charge in [0.05, 0.1) is 5.56 Å². The van der Waals surface area contributed by atoms with Gasteiger partial charge < -0.3 is 10.4 Å². The molecule has 1 aromatic carbocycles. The molecule has 0 radical (unpaired) electrons. The number of halogens is 1. The zero-order valence-electron chi connectivity index (χ0n) is 11.2. The zero-order valence-corrected chi connectivity index (χ0v) is 12.7. The van der Waals surface area contributed by atoms with Crippen molar-refractivity contribution in [3.63, 3.8) is 0 Å². The molecular weight excluding hydrogens is 306 g/mol. The van der Waals surface area contributed by atoms with Crippen LogP contribution in [0, 0.1) is 5.92 Å². The Labute approximate surface area is 122 Å². The molecule has 104 valence electrons. The second kappa shape index (κ2) is 6.42. The summed E-state index contributed by atoms with van der Waals surface area (Å²) in [6, 6.07) is 5.73. The molecule has 1 saturated carbocycles. The molecular formula is C15H20BrNO2. The number of carboxylic acid groups (broad SMARTS) is 1. The van der Waals surface area contributed by atoms with E-state index in [0.29, 0.717) is 17.5 Å². The molecule has 0 aromatic heterocycles. The van der Waals surface area contributed by atoms with Crippen LogP contribution in [0.3, 0.4) is 0 Å². The van der Waals surface area contributed by atoms with Crippen LogP contribution < -0.4 is 5.32 Å². The zero-order chi connectivity index (χ0) is 13.8. The van der Waals surface area contributed by atoms with Crippen LogP contribution in [-0.4, -0.2) is 17.1 Å². The van der Waals surface area contributed by atoms with E-state index in [1.54, 1.807) is 12.1 Å². The standard InChI is InChI=1S/C15H20BrNO2/c1-10-5-3-2-4-6-14(10)17-13-8-11(15(18)19)7-12(16)9-13/h7-10,14,17H,2-6H2,1H3,(H,18,19). The quantitative estimate of drug-likeness (QED) is 0.803. The SMILES string of the molecule is CC1CCCCCC1Nc1cc(Br)cc(C(=O)O)c1. The first-order valence-electron chi connectivity index (χ1n) is 6.86. The van der Waals surface area contributed by atoms with Crippen molar-refractivity contribution in [2.24, 2.45) is 5.92 Å². The van der Waals surface area contributed by atoms with Gasteiger partial charge in [0.1, 0.15) is 0 Å². The molecule has 3 nitrogen and oxygen atoms in total. The second-order valence-corrected chi connectivity index (χ2v) is 6.32. The minimum atomic E-state index is -0.890.